The summed E-state index contributed by atoms with van der Waals surface area (Å²) in [6, 6.07) is 1.74. The van der Waals surface area contributed by atoms with Crippen molar-refractivity contribution in [1.29, 1.82) is 0 Å². The van der Waals surface area contributed by atoms with Gasteiger partial charge in [0.15, 0.2) is 5.13 Å². The number of ether oxygens (including phenoxy) is 1. The standard InChI is InChI=1S/C17H21N5O3S/c1-2-25-15(24)12-5-3-8-22(10-12)14(23)9-13-11-26-17(20-13)21-16-18-6-4-7-19-16/h4,6-7,11-12H,2-3,5,8-10H2,1H3,(H,18,19,20,21). The van der Waals surface area contributed by atoms with Gasteiger partial charge in [-0.3, -0.25) is 9.59 Å². The second-order valence-electron chi connectivity index (χ2n) is 5.95. The number of thiazole rings is 1. The summed E-state index contributed by atoms with van der Waals surface area (Å²) in [6.45, 7) is 3.24. The van der Waals surface area contributed by atoms with E-state index in [0.29, 0.717) is 36.5 Å². The molecule has 138 valence electrons. The number of anilines is 2. The number of likely N-dealkylation sites (tertiary alicyclic amines) is 1. The third-order valence-electron chi connectivity index (χ3n) is 4.06. The lowest BCUT2D eigenvalue weighted by Crippen LogP contribution is -2.43. The van der Waals surface area contributed by atoms with Crippen LogP contribution >= 0.6 is 11.3 Å². The number of nitrogens with zero attached hydrogens (tertiary/aromatic N) is 4. The molecular formula is C17H21N5O3S. The van der Waals surface area contributed by atoms with Gasteiger partial charge in [-0.05, 0) is 25.8 Å². The van der Waals surface area contributed by atoms with Gasteiger partial charge in [-0.15, -0.1) is 11.3 Å². The minimum Gasteiger partial charge on any atom is -0.466 e. The number of hydrogen-bond acceptors (Lipinski definition) is 8. The lowest BCUT2D eigenvalue weighted by Gasteiger charge is -2.31. The van der Waals surface area contributed by atoms with Gasteiger partial charge >= 0.3 is 5.97 Å². The second kappa shape index (κ2) is 8.70. The highest BCUT2D eigenvalue weighted by Gasteiger charge is 2.29. The van der Waals surface area contributed by atoms with Gasteiger partial charge in [-0.25, -0.2) is 15.0 Å². The van der Waals surface area contributed by atoms with E-state index < -0.39 is 0 Å². The number of aromatic nitrogens is 3. The summed E-state index contributed by atoms with van der Waals surface area (Å²) in [5.74, 6) is 0.00314. The van der Waals surface area contributed by atoms with Gasteiger partial charge < -0.3 is 15.0 Å². The van der Waals surface area contributed by atoms with Crippen molar-refractivity contribution in [3.63, 3.8) is 0 Å². The molecule has 0 aromatic carbocycles. The predicted molar refractivity (Wildman–Crippen MR) is 97.1 cm³/mol. The van der Waals surface area contributed by atoms with Crippen LogP contribution in [-0.4, -0.2) is 51.4 Å². The molecule has 0 bridgehead atoms. The van der Waals surface area contributed by atoms with Crippen LogP contribution in [0.25, 0.3) is 0 Å². The topological polar surface area (TPSA) is 97.3 Å². The molecule has 9 heteroatoms. The fraction of sp³-hybridized carbons (Fsp3) is 0.471. The van der Waals surface area contributed by atoms with E-state index in [1.165, 1.54) is 11.3 Å². The lowest BCUT2D eigenvalue weighted by atomic mass is 9.98. The maximum Gasteiger partial charge on any atom is 0.310 e. The normalized spacial score (nSPS) is 17.0. The number of carbonyl (C=O) groups excluding carboxylic acids is 2. The molecule has 1 saturated heterocycles. The zero-order valence-corrected chi connectivity index (χ0v) is 15.4. The van der Waals surface area contributed by atoms with Crippen molar-refractivity contribution in [2.45, 2.75) is 26.2 Å². The molecule has 3 rings (SSSR count). The minimum absolute atomic E-state index is 0.0215. The van der Waals surface area contributed by atoms with E-state index in [0.717, 1.165) is 12.8 Å². The first-order valence-electron chi connectivity index (χ1n) is 8.58. The van der Waals surface area contributed by atoms with Crippen LogP contribution in [0.5, 0.6) is 0 Å². The summed E-state index contributed by atoms with van der Waals surface area (Å²) in [7, 11) is 0. The van der Waals surface area contributed by atoms with Crippen molar-refractivity contribution < 1.29 is 14.3 Å². The lowest BCUT2D eigenvalue weighted by molar-refractivity contribution is -0.151. The molecule has 3 heterocycles. The summed E-state index contributed by atoms with van der Waals surface area (Å²) in [6.07, 6.45) is 5.08. The number of piperidine rings is 1. The number of amides is 1. The van der Waals surface area contributed by atoms with Crippen LogP contribution in [0.1, 0.15) is 25.5 Å². The number of esters is 1. The van der Waals surface area contributed by atoms with Gasteiger partial charge in [-0.2, -0.15) is 0 Å². The van der Waals surface area contributed by atoms with Crippen molar-refractivity contribution in [3.8, 4) is 0 Å². The Balaban J connectivity index is 1.55. The molecule has 1 amide bonds. The first kappa shape index (κ1) is 18.2. The Bertz CT molecular complexity index is 752. The van der Waals surface area contributed by atoms with Gasteiger partial charge in [0.05, 0.1) is 24.6 Å². The van der Waals surface area contributed by atoms with Crippen LogP contribution in [0.4, 0.5) is 11.1 Å². The number of carbonyl (C=O) groups is 2. The summed E-state index contributed by atoms with van der Waals surface area (Å²) in [5.41, 5.74) is 0.691. The van der Waals surface area contributed by atoms with E-state index in [-0.39, 0.29) is 24.2 Å². The van der Waals surface area contributed by atoms with E-state index in [4.69, 9.17) is 4.74 Å². The van der Waals surface area contributed by atoms with Crippen molar-refractivity contribution in [2.75, 3.05) is 25.0 Å². The molecule has 1 aliphatic rings. The van der Waals surface area contributed by atoms with Gasteiger partial charge in [-0.1, -0.05) is 0 Å². The largest absolute Gasteiger partial charge is 0.466 e. The maximum atomic E-state index is 12.6. The summed E-state index contributed by atoms with van der Waals surface area (Å²) in [4.78, 5) is 38.8. The van der Waals surface area contributed by atoms with E-state index in [2.05, 4.69) is 20.3 Å². The monoisotopic (exact) mass is 375 g/mol. The molecule has 26 heavy (non-hydrogen) atoms. The van der Waals surface area contributed by atoms with Crippen molar-refractivity contribution >= 4 is 34.3 Å². The Kier molecular flexibility index (Phi) is 6.11. The molecule has 1 fully saturated rings. The van der Waals surface area contributed by atoms with E-state index in [9.17, 15) is 9.59 Å². The average molecular weight is 375 g/mol. The van der Waals surface area contributed by atoms with Crippen LogP contribution in [0.15, 0.2) is 23.8 Å². The summed E-state index contributed by atoms with van der Waals surface area (Å²) in [5, 5.41) is 5.50. The van der Waals surface area contributed by atoms with Crippen molar-refractivity contribution in [2.24, 2.45) is 5.92 Å². The van der Waals surface area contributed by atoms with E-state index in [1.807, 2.05) is 5.38 Å². The minimum atomic E-state index is -0.226. The number of hydrogen-bond donors (Lipinski definition) is 1. The molecule has 1 N–H and O–H groups in total. The fourth-order valence-electron chi connectivity index (χ4n) is 2.83. The Morgan fingerprint density at radius 1 is 1.38 bits per heavy atom. The first-order valence-corrected chi connectivity index (χ1v) is 9.46. The van der Waals surface area contributed by atoms with E-state index >= 15 is 0 Å². The van der Waals surface area contributed by atoms with Crippen LogP contribution in [0.3, 0.4) is 0 Å². The highest BCUT2D eigenvalue weighted by Crippen LogP contribution is 2.21. The Hall–Kier alpha value is -2.55. The molecule has 2 aromatic rings. The quantitative estimate of drug-likeness (QED) is 0.772. The molecule has 8 nitrogen and oxygen atoms in total. The molecule has 0 spiro atoms. The number of nitrogens with one attached hydrogen (secondary N) is 1. The molecule has 2 aromatic heterocycles. The highest BCUT2D eigenvalue weighted by molar-refractivity contribution is 7.13. The smallest absolute Gasteiger partial charge is 0.310 e. The molecule has 1 aliphatic heterocycles. The SMILES string of the molecule is CCOC(=O)C1CCCN(C(=O)Cc2csc(Nc3ncccn3)n2)C1. The van der Waals surface area contributed by atoms with Crippen molar-refractivity contribution in [1.82, 2.24) is 19.9 Å². The molecule has 0 saturated carbocycles. The molecule has 1 atom stereocenters. The Morgan fingerprint density at radius 2 is 2.19 bits per heavy atom. The zero-order chi connectivity index (χ0) is 18.4. The van der Waals surface area contributed by atoms with Crippen LogP contribution < -0.4 is 5.32 Å². The van der Waals surface area contributed by atoms with Gasteiger partial charge in [0.1, 0.15) is 0 Å². The molecule has 0 radical (unpaired) electrons. The summed E-state index contributed by atoms with van der Waals surface area (Å²) < 4.78 is 5.08. The highest BCUT2D eigenvalue weighted by atomic mass is 32.1. The third kappa shape index (κ3) is 4.75. The maximum absolute atomic E-state index is 12.6. The van der Waals surface area contributed by atoms with Gasteiger partial charge in [0, 0.05) is 30.9 Å². The van der Waals surface area contributed by atoms with Crippen molar-refractivity contribution in [3.05, 3.63) is 29.5 Å². The molecular weight excluding hydrogens is 354 g/mol. The Labute approximate surface area is 155 Å². The van der Waals surface area contributed by atoms with Crippen LogP contribution in [0, 0.1) is 5.92 Å². The van der Waals surface area contributed by atoms with Crippen LogP contribution in [-0.2, 0) is 20.7 Å². The number of rotatable bonds is 6. The zero-order valence-electron chi connectivity index (χ0n) is 14.6. The third-order valence-corrected chi connectivity index (χ3v) is 4.87. The van der Waals surface area contributed by atoms with Gasteiger partial charge in [0.2, 0.25) is 11.9 Å². The average Bonchev–Trinajstić information content (AvgIpc) is 3.09. The van der Waals surface area contributed by atoms with E-state index in [1.54, 1.807) is 30.3 Å². The first-order chi connectivity index (χ1) is 12.7. The molecule has 0 aliphatic carbocycles. The fourth-order valence-corrected chi connectivity index (χ4v) is 3.53. The second-order valence-corrected chi connectivity index (χ2v) is 6.81. The predicted octanol–water partition coefficient (Wildman–Crippen LogP) is 2.02. The Morgan fingerprint density at radius 3 is 2.96 bits per heavy atom. The molecule has 1 unspecified atom stereocenters. The summed E-state index contributed by atoms with van der Waals surface area (Å²) >= 11 is 1.40. The van der Waals surface area contributed by atoms with Gasteiger partial charge in [0.25, 0.3) is 0 Å². The van der Waals surface area contributed by atoms with Crippen LogP contribution in [0.2, 0.25) is 0 Å².